The summed E-state index contributed by atoms with van der Waals surface area (Å²) >= 11 is 0. The number of amides is 2. The highest BCUT2D eigenvalue weighted by Crippen LogP contribution is 2.17. The van der Waals surface area contributed by atoms with Crippen LogP contribution in [0, 0.1) is 17.1 Å². The second kappa shape index (κ2) is 7.92. The molecule has 0 aliphatic rings. The van der Waals surface area contributed by atoms with Gasteiger partial charge >= 0.3 is 6.03 Å². The van der Waals surface area contributed by atoms with Gasteiger partial charge in [-0.2, -0.15) is 5.26 Å². The molecule has 2 aromatic carbocycles. The molecule has 2 aromatic rings. The van der Waals surface area contributed by atoms with E-state index in [4.69, 9.17) is 10.4 Å². The van der Waals surface area contributed by atoms with E-state index in [0.29, 0.717) is 6.54 Å². The van der Waals surface area contributed by atoms with Crippen molar-refractivity contribution in [3.8, 4) is 6.07 Å². The Morgan fingerprint density at radius 3 is 2.65 bits per heavy atom. The average Bonchev–Trinajstić information content (AvgIpc) is 2.57. The first kappa shape index (κ1) is 16.5. The number of nitrogens with zero attached hydrogens (tertiary/aromatic N) is 2. The number of benzene rings is 2. The van der Waals surface area contributed by atoms with E-state index in [2.05, 4.69) is 5.32 Å². The van der Waals surface area contributed by atoms with Crippen LogP contribution in [0.1, 0.15) is 11.1 Å². The molecular weight excluding hydrogens is 297 g/mol. The number of carbonyl (C=O) groups is 1. The third-order valence-electron chi connectivity index (χ3n) is 3.22. The van der Waals surface area contributed by atoms with Crippen molar-refractivity contribution in [2.75, 3.05) is 18.5 Å². The highest BCUT2D eigenvalue weighted by atomic mass is 19.1. The first-order chi connectivity index (χ1) is 11.1. The number of rotatable bonds is 5. The third kappa shape index (κ3) is 4.53. The van der Waals surface area contributed by atoms with E-state index < -0.39 is 11.8 Å². The summed E-state index contributed by atoms with van der Waals surface area (Å²) in [5, 5.41) is 20.7. The Bertz CT molecular complexity index is 714. The monoisotopic (exact) mass is 313 g/mol. The SMILES string of the molecule is N#Cc1cc(F)ccc1NC(=O)N(CCO)Cc1ccccc1. The van der Waals surface area contributed by atoms with Crippen LogP contribution in [0.5, 0.6) is 0 Å². The quantitative estimate of drug-likeness (QED) is 0.891. The number of nitriles is 1. The van der Waals surface area contributed by atoms with Crippen LogP contribution in [-0.2, 0) is 6.54 Å². The lowest BCUT2D eigenvalue weighted by Gasteiger charge is -2.22. The van der Waals surface area contributed by atoms with Crippen molar-refractivity contribution in [1.29, 1.82) is 5.26 Å². The van der Waals surface area contributed by atoms with Crippen LogP contribution in [0.4, 0.5) is 14.9 Å². The molecule has 0 saturated carbocycles. The van der Waals surface area contributed by atoms with Crippen molar-refractivity contribution in [2.24, 2.45) is 0 Å². The smallest absolute Gasteiger partial charge is 0.322 e. The first-order valence-corrected chi connectivity index (χ1v) is 7.04. The molecule has 0 aliphatic heterocycles. The number of aliphatic hydroxyl groups excluding tert-OH is 1. The standard InChI is InChI=1S/C17H16FN3O2/c18-15-6-7-16(14(10-15)11-19)20-17(23)21(8-9-22)12-13-4-2-1-3-5-13/h1-7,10,22H,8-9,12H2,(H,20,23). The minimum absolute atomic E-state index is 0.0435. The lowest BCUT2D eigenvalue weighted by Crippen LogP contribution is -2.36. The normalized spacial score (nSPS) is 9.96. The number of nitrogens with one attached hydrogen (secondary N) is 1. The summed E-state index contributed by atoms with van der Waals surface area (Å²) in [6.07, 6.45) is 0. The Balaban J connectivity index is 2.14. The van der Waals surface area contributed by atoms with Crippen molar-refractivity contribution in [1.82, 2.24) is 4.90 Å². The number of anilines is 1. The zero-order valence-electron chi connectivity index (χ0n) is 12.4. The number of halogens is 1. The second-order valence-corrected chi connectivity index (χ2v) is 4.86. The highest BCUT2D eigenvalue weighted by Gasteiger charge is 2.15. The first-order valence-electron chi connectivity index (χ1n) is 7.04. The molecule has 118 valence electrons. The van der Waals surface area contributed by atoms with E-state index in [-0.39, 0.29) is 24.4 Å². The van der Waals surface area contributed by atoms with Crippen molar-refractivity contribution in [3.63, 3.8) is 0 Å². The number of aliphatic hydroxyl groups is 1. The summed E-state index contributed by atoms with van der Waals surface area (Å²) in [7, 11) is 0. The van der Waals surface area contributed by atoms with Crippen molar-refractivity contribution in [3.05, 3.63) is 65.5 Å². The molecule has 0 heterocycles. The summed E-state index contributed by atoms with van der Waals surface area (Å²) < 4.78 is 13.1. The number of urea groups is 1. The Morgan fingerprint density at radius 2 is 2.00 bits per heavy atom. The van der Waals surface area contributed by atoms with Crippen LogP contribution < -0.4 is 5.32 Å². The Morgan fingerprint density at radius 1 is 1.26 bits per heavy atom. The minimum Gasteiger partial charge on any atom is -0.395 e. The van der Waals surface area contributed by atoms with Crippen LogP contribution in [0.2, 0.25) is 0 Å². The summed E-state index contributed by atoms with van der Waals surface area (Å²) in [6, 6.07) is 14.3. The molecule has 0 saturated heterocycles. The van der Waals surface area contributed by atoms with E-state index in [1.54, 1.807) is 0 Å². The predicted molar refractivity (Wildman–Crippen MR) is 84.1 cm³/mol. The van der Waals surface area contributed by atoms with E-state index in [9.17, 15) is 9.18 Å². The highest BCUT2D eigenvalue weighted by molar-refractivity contribution is 5.90. The fourth-order valence-electron chi connectivity index (χ4n) is 2.09. The Kier molecular flexibility index (Phi) is 5.67. The maximum Gasteiger partial charge on any atom is 0.322 e. The van der Waals surface area contributed by atoms with E-state index >= 15 is 0 Å². The van der Waals surface area contributed by atoms with Gasteiger partial charge < -0.3 is 15.3 Å². The topological polar surface area (TPSA) is 76.4 Å². The van der Waals surface area contributed by atoms with E-state index in [1.165, 1.54) is 17.0 Å². The molecule has 5 nitrogen and oxygen atoms in total. The van der Waals surface area contributed by atoms with E-state index in [0.717, 1.165) is 11.6 Å². The maximum absolute atomic E-state index is 13.1. The fraction of sp³-hybridized carbons (Fsp3) is 0.176. The largest absolute Gasteiger partial charge is 0.395 e. The third-order valence-corrected chi connectivity index (χ3v) is 3.22. The molecule has 2 rings (SSSR count). The second-order valence-electron chi connectivity index (χ2n) is 4.86. The number of hydrogen-bond donors (Lipinski definition) is 2. The van der Waals surface area contributed by atoms with Gasteiger partial charge in [-0.1, -0.05) is 30.3 Å². The molecule has 0 spiro atoms. The van der Waals surface area contributed by atoms with Gasteiger partial charge in [-0.05, 0) is 23.8 Å². The molecule has 0 atom stereocenters. The molecule has 2 N–H and O–H groups in total. The molecule has 2 amide bonds. The molecule has 6 heteroatoms. The van der Waals surface area contributed by atoms with Gasteiger partial charge in [0.1, 0.15) is 11.9 Å². The van der Waals surface area contributed by atoms with E-state index in [1.807, 2.05) is 36.4 Å². The van der Waals surface area contributed by atoms with Crippen molar-refractivity contribution in [2.45, 2.75) is 6.54 Å². The van der Waals surface area contributed by atoms with Gasteiger partial charge in [0, 0.05) is 13.1 Å². The molecule has 23 heavy (non-hydrogen) atoms. The van der Waals surface area contributed by atoms with Gasteiger partial charge in [0.05, 0.1) is 17.9 Å². The number of carbonyl (C=O) groups excluding carboxylic acids is 1. The van der Waals surface area contributed by atoms with Gasteiger partial charge in [0.25, 0.3) is 0 Å². The fourth-order valence-corrected chi connectivity index (χ4v) is 2.09. The minimum atomic E-state index is -0.545. The summed E-state index contributed by atoms with van der Waals surface area (Å²) in [4.78, 5) is 13.8. The van der Waals surface area contributed by atoms with Crippen LogP contribution in [0.25, 0.3) is 0 Å². The number of hydrogen-bond acceptors (Lipinski definition) is 3. The zero-order valence-corrected chi connectivity index (χ0v) is 12.4. The lowest BCUT2D eigenvalue weighted by atomic mass is 10.2. The van der Waals surface area contributed by atoms with Crippen molar-refractivity contribution >= 4 is 11.7 Å². The zero-order chi connectivity index (χ0) is 16.7. The lowest BCUT2D eigenvalue weighted by molar-refractivity contribution is 0.185. The van der Waals surface area contributed by atoms with Gasteiger partial charge in [-0.15, -0.1) is 0 Å². The molecular formula is C17H16FN3O2. The molecule has 0 bridgehead atoms. The van der Waals surface area contributed by atoms with Gasteiger partial charge in [0.15, 0.2) is 0 Å². The van der Waals surface area contributed by atoms with Crippen molar-refractivity contribution < 1.29 is 14.3 Å². The van der Waals surface area contributed by atoms with Gasteiger partial charge in [0.2, 0.25) is 0 Å². The van der Waals surface area contributed by atoms with Crippen LogP contribution >= 0.6 is 0 Å². The Labute approximate surface area is 133 Å². The van der Waals surface area contributed by atoms with Gasteiger partial charge in [-0.25, -0.2) is 9.18 Å². The molecule has 0 aromatic heterocycles. The molecule has 0 radical (unpaired) electrons. The average molecular weight is 313 g/mol. The Hall–Kier alpha value is -2.91. The predicted octanol–water partition coefficient (Wildman–Crippen LogP) is 2.72. The summed E-state index contributed by atoms with van der Waals surface area (Å²) in [6.45, 7) is 0.273. The summed E-state index contributed by atoms with van der Waals surface area (Å²) in [5.41, 5.74) is 1.19. The van der Waals surface area contributed by atoms with Crippen LogP contribution in [-0.4, -0.2) is 29.2 Å². The maximum atomic E-state index is 13.1. The van der Waals surface area contributed by atoms with Gasteiger partial charge in [-0.3, -0.25) is 0 Å². The summed E-state index contributed by atoms with van der Waals surface area (Å²) in [5.74, 6) is -0.545. The molecule has 0 aliphatic carbocycles. The molecule has 0 unspecified atom stereocenters. The van der Waals surface area contributed by atoms with Crippen LogP contribution in [0.3, 0.4) is 0 Å². The van der Waals surface area contributed by atoms with Crippen LogP contribution in [0.15, 0.2) is 48.5 Å². The molecule has 0 fully saturated rings.